The van der Waals surface area contributed by atoms with E-state index < -0.39 is 0 Å². The largest absolute Gasteiger partial charge is 0.355 e. The summed E-state index contributed by atoms with van der Waals surface area (Å²) in [5.41, 5.74) is 1.05. The predicted octanol–water partition coefficient (Wildman–Crippen LogP) is 3.35. The monoisotopic (exact) mass is 377 g/mol. The van der Waals surface area contributed by atoms with E-state index in [1.807, 2.05) is 13.8 Å². The molecular formula is C20H31N3O2S. The van der Waals surface area contributed by atoms with E-state index in [0.29, 0.717) is 18.4 Å². The van der Waals surface area contributed by atoms with Gasteiger partial charge in [-0.1, -0.05) is 26.7 Å². The van der Waals surface area contributed by atoms with Crippen LogP contribution in [0.3, 0.4) is 0 Å². The number of hydrogen-bond donors (Lipinski definition) is 1. The molecule has 1 saturated heterocycles. The maximum absolute atomic E-state index is 12.7. The van der Waals surface area contributed by atoms with Crippen molar-refractivity contribution in [2.24, 2.45) is 11.8 Å². The number of aromatic nitrogens is 1. The summed E-state index contributed by atoms with van der Waals surface area (Å²) in [4.78, 5) is 31.2. The highest BCUT2D eigenvalue weighted by Crippen LogP contribution is 2.32. The summed E-state index contributed by atoms with van der Waals surface area (Å²) in [5, 5.41) is 6.20. The number of carbonyl (C=O) groups is 2. The zero-order valence-electron chi connectivity index (χ0n) is 16.0. The van der Waals surface area contributed by atoms with Crippen molar-refractivity contribution in [3.8, 4) is 0 Å². The second kappa shape index (κ2) is 8.98. The third-order valence-electron chi connectivity index (χ3n) is 5.56. The second-order valence-electron chi connectivity index (χ2n) is 7.98. The quantitative estimate of drug-likeness (QED) is 0.827. The molecule has 2 fully saturated rings. The average molecular weight is 378 g/mol. The Kier molecular flexibility index (Phi) is 6.68. The third-order valence-corrected chi connectivity index (χ3v) is 6.62. The van der Waals surface area contributed by atoms with Gasteiger partial charge in [-0.15, -0.1) is 11.3 Å². The van der Waals surface area contributed by atoms with Gasteiger partial charge < -0.3 is 10.2 Å². The minimum absolute atomic E-state index is 0.0200. The number of amides is 2. The highest BCUT2D eigenvalue weighted by molar-refractivity contribution is 7.09. The lowest BCUT2D eigenvalue weighted by Gasteiger charge is -2.33. The van der Waals surface area contributed by atoms with Crippen LogP contribution >= 0.6 is 11.3 Å². The number of piperidine rings is 1. The van der Waals surface area contributed by atoms with Crippen LogP contribution in [0.1, 0.15) is 69.0 Å². The van der Waals surface area contributed by atoms with Crippen molar-refractivity contribution in [2.75, 3.05) is 19.6 Å². The summed E-state index contributed by atoms with van der Waals surface area (Å²) >= 11 is 1.71. The van der Waals surface area contributed by atoms with Gasteiger partial charge in [-0.25, -0.2) is 4.98 Å². The van der Waals surface area contributed by atoms with Crippen LogP contribution in [0, 0.1) is 11.8 Å². The number of nitrogens with one attached hydrogen (secondary N) is 1. The molecule has 1 aliphatic carbocycles. The molecule has 0 unspecified atom stereocenters. The average Bonchev–Trinajstić information content (AvgIpc) is 3.33. The fourth-order valence-electron chi connectivity index (χ4n) is 3.95. The SMILES string of the molecule is CC(C)C(=O)NCCc1csc([C@@H]2CCCN(C(=O)C3CCCC3)C2)n1. The van der Waals surface area contributed by atoms with Gasteiger partial charge in [0.1, 0.15) is 0 Å². The zero-order valence-corrected chi connectivity index (χ0v) is 16.8. The zero-order chi connectivity index (χ0) is 18.5. The van der Waals surface area contributed by atoms with E-state index in [0.717, 1.165) is 55.9 Å². The van der Waals surface area contributed by atoms with E-state index in [-0.39, 0.29) is 17.7 Å². The van der Waals surface area contributed by atoms with Crippen molar-refractivity contribution in [1.29, 1.82) is 0 Å². The Balaban J connectivity index is 1.51. The molecule has 2 amide bonds. The summed E-state index contributed by atoms with van der Waals surface area (Å²) in [7, 11) is 0. The molecule has 1 aromatic rings. The third kappa shape index (κ3) is 4.84. The highest BCUT2D eigenvalue weighted by Gasteiger charge is 2.31. The number of nitrogens with zero attached hydrogens (tertiary/aromatic N) is 2. The van der Waals surface area contributed by atoms with Gasteiger partial charge in [0, 0.05) is 49.2 Å². The molecule has 0 bridgehead atoms. The summed E-state index contributed by atoms with van der Waals surface area (Å²) < 4.78 is 0. The number of likely N-dealkylation sites (tertiary alicyclic amines) is 1. The molecule has 6 heteroatoms. The molecule has 1 aliphatic heterocycles. The molecule has 5 nitrogen and oxygen atoms in total. The van der Waals surface area contributed by atoms with Crippen molar-refractivity contribution in [3.05, 3.63) is 16.1 Å². The van der Waals surface area contributed by atoms with Crippen LogP contribution in [-0.4, -0.2) is 41.3 Å². The lowest BCUT2D eigenvalue weighted by Crippen LogP contribution is -2.41. The molecule has 1 saturated carbocycles. The van der Waals surface area contributed by atoms with Crippen molar-refractivity contribution in [2.45, 2.75) is 64.7 Å². The molecule has 1 atom stereocenters. The lowest BCUT2D eigenvalue weighted by molar-refractivity contribution is -0.136. The molecule has 3 rings (SSSR count). The Morgan fingerprint density at radius 3 is 2.77 bits per heavy atom. The second-order valence-corrected chi connectivity index (χ2v) is 8.87. The van der Waals surface area contributed by atoms with Gasteiger partial charge in [0.25, 0.3) is 0 Å². The van der Waals surface area contributed by atoms with Crippen molar-refractivity contribution >= 4 is 23.2 Å². The normalized spacial score (nSPS) is 21.3. The van der Waals surface area contributed by atoms with E-state index in [4.69, 9.17) is 4.98 Å². The van der Waals surface area contributed by atoms with Gasteiger partial charge in [0.15, 0.2) is 0 Å². The van der Waals surface area contributed by atoms with Crippen LogP contribution in [0.5, 0.6) is 0 Å². The molecule has 0 radical (unpaired) electrons. The summed E-state index contributed by atoms with van der Waals surface area (Å²) in [5.74, 6) is 1.13. The maximum atomic E-state index is 12.7. The first-order valence-electron chi connectivity index (χ1n) is 10.1. The highest BCUT2D eigenvalue weighted by atomic mass is 32.1. The van der Waals surface area contributed by atoms with E-state index in [9.17, 15) is 9.59 Å². The fraction of sp³-hybridized carbons (Fsp3) is 0.750. The van der Waals surface area contributed by atoms with E-state index in [1.165, 1.54) is 12.8 Å². The molecule has 2 aliphatic rings. The van der Waals surface area contributed by atoms with Crippen LogP contribution in [0.4, 0.5) is 0 Å². The first kappa shape index (κ1) is 19.3. The molecule has 0 aromatic carbocycles. The Morgan fingerprint density at radius 1 is 1.27 bits per heavy atom. The van der Waals surface area contributed by atoms with Crippen LogP contribution in [-0.2, 0) is 16.0 Å². The summed E-state index contributed by atoms with van der Waals surface area (Å²) in [6.45, 7) is 6.17. The van der Waals surface area contributed by atoms with Crippen molar-refractivity contribution in [1.82, 2.24) is 15.2 Å². The molecule has 1 aromatic heterocycles. The van der Waals surface area contributed by atoms with Crippen LogP contribution in [0.15, 0.2) is 5.38 Å². The van der Waals surface area contributed by atoms with Crippen molar-refractivity contribution in [3.63, 3.8) is 0 Å². The van der Waals surface area contributed by atoms with Gasteiger partial charge >= 0.3 is 0 Å². The van der Waals surface area contributed by atoms with Crippen molar-refractivity contribution < 1.29 is 9.59 Å². The predicted molar refractivity (Wildman–Crippen MR) is 104 cm³/mol. The van der Waals surface area contributed by atoms with Gasteiger partial charge in [0.2, 0.25) is 11.8 Å². The van der Waals surface area contributed by atoms with Crippen LogP contribution in [0.25, 0.3) is 0 Å². The van der Waals surface area contributed by atoms with Gasteiger partial charge in [-0.05, 0) is 25.7 Å². The first-order chi connectivity index (χ1) is 12.5. The Labute approximate surface area is 160 Å². The van der Waals surface area contributed by atoms with Crippen LogP contribution in [0.2, 0.25) is 0 Å². The lowest BCUT2D eigenvalue weighted by atomic mass is 9.96. The molecule has 26 heavy (non-hydrogen) atoms. The Bertz CT molecular complexity index is 622. The smallest absolute Gasteiger partial charge is 0.225 e. The summed E-state index contributed by atoms with van der Waals surface area (Å²) in [6, 6.07) is 0. The molecular weight excluding hydrogens is 346 g/mol. The van der Waals surface area contributed by atoms with Gasteiger partial charge in [0.05, 0.1) is 10.7 Å². The van der Waals surface area contributed by atoms with E-state index in [2.05, 4.69) is 15.6 Å². The van der Waals surface area contributed by atoms with Crippen LogP contribution < -0.4 is 5.32 Å². The minimum atomic E-state index is 0.0200. The molecule has 144 valence electrons. The standard InChI is InChI=1S/C20H31N3O2S/c1-14(2)18(24)21-10-9-17-13-26-19(22-17)16-8-5-11-23(12-16)20(25)15-6-3-4-7-15/h13-16H,3-12H2,1-2H3,(H,21,24)/t16-/m1/s1. The number of carbonyl (C=O) groups excluding carboxylic acids is 2. The maximum Gasteiger partial charge on any atom is 0.225 e. The Hall–Kier alpha value is -1.43. The van der Waals surface area contributed by atoms with E-state index >= 15 is 0 Å². The number of rotatable bonds is 6. The van der Waals surface area contributed by atoms with E-state index in [1.54, 1.807) is 11.3 Å². The Morgan fingerprint density at radius 2 is 2.04 bits per heavy atom. The minimum Gasteiger partial charge on any atom is -0.355 e. The fourth-order valence-corrected chi connectivity index (χ4v) is 4.93. The number of thiazole rings is 1. The molecule has 0 spiro atoms. The van der Waals surface area contributed by atoms with Gasteiger partial charge in [-0.2, -0.15) is 0 Å². The first-order valence-corrected chi connectivity index (χ1v) is 10.9. The molecule has 1 N–H and O–H groups in total. The van der Waals surface area contributed by atoms with Gasteiger partial charge in [-0.3, -0.25) is 9.59 Å². The topological polar surface area (TPSA) is 62.3 Å². The summed E-state index contributed by atoms with van der Waals surface area (Å²) in [6.07, 6.45) is 7.51. The molecule has 2 heterocycles. The number of hydrogen-bond acceptors (Lipinski definition) is 4.